The van der Waals surface area contributed by atoms with E-state index >= 15 is 0 Å². The van der Waals surface area contributed by atoms with Crippen molar-refractivity contribution in [3.05, 3.63) is 25.4 Å². The first-order valence-corrected chi connectivity index (χ1v) is 20.6. The second kappa shape index (κ2) is 16.2. The molecule has 0 atom stereocenters. The second-order valence-electron chi connectivity index (χ2n) is 7.81. The Labute approximate surface area is 233 Å². The van der Waals surface area contributed by atoms with Crippen LogP contribution in [0, 0.1) is 0 Å². The van der Waals surface area contributed by atoms with Crippen molar-refractivity contribution in [1.82, 2.24) is 0 Å². The molecule has 3 rings (SSSR count). The van der Waals surface area contributed by atoms with Crippen LogP contribution >= 0.6 is 102 Å². The minimum Gasteiger partial charge on any atom is -0.324 e. The summed E-state index contributed by atoms with van der Waals surface area (Å²) in [6.45, 7) is 0. The average molecular weight is 621 g/mol. The highest BCUT2D eigenvalue weighted by Gasteiger charge is 2.31. The molecule has 2 N–H and O–H groups in total. The standard InChI is InChI=1S/C21H33O3PS8/c1-26-16-17(31-20(30-16)21-32-18-19(33-21)29-15-14-28-18)27-13-11-9-7-5-3-2-4-6-8-10-12-25(22,23)24/h2-15H2,1H3,(H2,22,23,24). The Morgan fingerprint density at radius 1 is 0.697 bits per heavy atom. The molecule has 0 bridgehead atoms. The van der Waals surface area contributed by atoms with Crippen LogP contribution in [0.5, 0.6) is 0 Å². The molecule has 0 aromatic rings. The van der Waals surface area contributed by atoms with Crippen LogP contribution in [-0.4, -0.2) is 39.5 Å². The van der Waals surface area contributed by atoms with Crippen LogP contribution in [0.25, 0.3) is 0 Å². The molecule has 0 aromatic heterocycles. The van der Waals surface area contributed by atoms with Gasteiger partial charge >= 0.3 is 7.60 Å². The van der Waals surface area contributed by atoms with Gasteiger partial charge in [0, 0.05) is 17.7 Å². The van der Waals surface area contributed by atoms with Gasteiger partial charge in [-0.15, -0.1) is 47.0 Å². The molecule has 0 saturated heterocycles. The number of unbranched alkanes of at least 4 members (excludes halogenated alkanes) is 9. The molecule has 12 heteroatoms. The summed E-state index contributed by atoms with van der Waals surface area (Å²) < 4.78 is 19.9. The second-order valence-corrected chi connectivity index (χ2v) is 19.3. The summed E-state index contributed by atoms with van der Waals surface area (Å²) in [5.41, 5.74) is 0. The lowest BCUT2D eigenvalue weighted by molar-refractivity contribution is 0.370. The first kappa shape index (κ1) is 29.7. The molecular formula is C21H33O3PS8. The predicted molar refractivity (Wildman–Crippen MR) is 165 cm³/mol. The summed E-state index contributed by atoms with van der Waals surface area (Å²) in [6, 6.07) is 0. The Balaban J connectivity index is 1.21. The quantitative estimate of drug-likeness (QED) is 0.136. The zero-order valence-corrected chi connectivity index (χ0v) is 26.3. The van der Waals surface area contributed by atoms with Crippen LogP contribution in [0.1, 0.15) is 64.2 Å². The third-order valence-corrected chi connectivity index (χ3v) is 17.7. The molecule has 0 fully saturated rings. The van der Waals surface area contributed by atoms with Gasteiger partial charge in [0.25, 0.3) is 0 Å². The fourth-order valence-electron chi connectivity index (χ4n) is 3.37. The third-order valence-electron chi connectivity index (χ3n) is 5.05. The van der Waals surface area contributed by atoms with Gasteiger partial charge in [0.1, 0.15) is 0 Å². The Morgan fingerprint density at radius 3 is 1.73 bits per heavy atom. The van der Waals surface area contributed by atoms with E-state index in [4.69, 9.17) is 9.79 Å². The van der Waals surface area contributed by atoms with E-state index in [1.165, 1.54) is 87.6 Å². The van der Waals surface area contributed by atoms with E-state index in [1.54, 1.807) is 0 Å². The molecular weight excluding hydrogens is 588 g/mol. The largest absolute Gasteiger partial charge is 0.325 e. The van der Waals surface area contributed by atoms with Gasteiger partial charge in [-0.3, -0.25) is 4.57 Å². The Kier molecular flexibility index (Phi) is 14.6. The first-order chi connectivity index (χ1) is 16.0. The molecule has 0 aromatic carbocycles. The number of hydrogen-bond donors (Lipinski definition) is 2. The van der Waals surface area contributed by atoms with Gasteiger partial charge in [0.05, 0.1) is 25.4 Å². The van der Waals surface area contributed by atoms with Gasteiger partial charge in [0.2, 0.25) is 0 Å². The molecule has 0 amide bonds. The smallest absolute Gasteiger partial charge is 0.324 e. The van der Waals surface area contributed by atoms with Crippen LogP contribution in [0.3, 0.4) is 0 Å². The summed E-state index contributed by atoms with van der Waals surface area (Å²) in [5.74, 6) is 3.71. The van der Waals surface area contributed by atoms with Crippen molar-refractivity contribution >= 4 is 102 Å². The third kappa shape index (κ3) is 11.2. The van der Waals surface area contributed by atoms with E-state index in [9.17, 15) is 4.57 Å². The zero-order valence-electron chi connectivity index (χ0n) is 18.9. The molecule has 3 aliphatic heterocycles. The molecule has 33 heavy (non-hydrogen) atoms. The van der Waals surface area contributed by atoms with Crippen molar-refractivity contribution in [3.8, 4) is 0 Å². The van der Waals surface area contributed by atoms with Gasteiger partial charge < -0.3 is 9.79 Å². The lowest BCUT2D eigenvalue weighted by Crippen LogP contribution is -1.88. The SMILES string of the molecule is CSC1=C(SCCCCCCCCCCCCP(=O)(O)O)SC(=C2SC3=C(SCCS3)S2)S1. The van der Waals surface area contributed by atoms with Crippen molar-refractivity contribution in [1.29, 1.82) is 0 Å². The molecule has 188 valence electrons. The van der Waals surface area contributed by atoms with E-state index in [2.05, 4.69) is 18.0 Å². The van der Waals surface area contributed by atoms with Crippen molar-refractivity contribution in [2.24, 2.45) is 0 Å². The molecule has 3 aliphatic rings. The Bertz CT molecular complexity index is 772. The molecule has 0 aliphatic carbocycles. The number of rotatable bonds is 15. The highest BCUT2D eigenvalue weighted by molar-refractivity contribution is 8.45. The lowest BCUT2D eigenvalue weighted by Gasteiger charge is -2.08. The Morgan fingerprint density at radius 2 is 1.18 bits per heavy atom. The molecule has 0 saturated carbocycles. The van der Waals surface area contributed by atoms with Gasteiger partial charge in [-0.25, -0.2) is 0 Å². The molecule has 3 heterocycles. The molecule has 0 unspecified atom stereocenters. The summed E-state index contributed by atoms with van der Waals surface area (Å²) in [7, 11) is -3.79. The van der Waals surface area contributed by atoms with E-state index in [0.29, 0.717) is 6.42 Å². The maximum atomic E-state index is 10.8. The maximum Gasteiger partial charge on any atom is 0.325 e. The minimum absolute atomic E-state index is 0.0472. The monoisotopic (exact) mass is 620 g/mol. The highest BCUT2D eigenvalue weighted by Crippen LogP contribution is 2.66. The number of thioether (sulfide) groups is 8. The normalized spacial score (nSPS) is 19.2. The lowest BCUT2D eigenvalue weighted by atomic mass is 10.1. The summed E-state index contributed by atoms with van der Waals surface area (Å²) in [5, 5.41) is 0. The van der Waals surface area contributed by atoms with E-state index in [-0.39, 0.29) is 6.16 Å². The van der Waals surface area contributed by atoms with Crippen molar-refractivity contribution in [3.63, 3.8) is 0 Å². The van der Waals surface area contributed by atoms with Crippen molar-refractivity contribution in [2.75, 3.05) is 29.7 Å². The molecule has 3 nitrogen and oxygen atoms in total. The van der Waals surface area contributed by atoms with Gasteiger partial charge in [0.15, 0.2) is 0 Å². The van der Waals surface area contributed by atoms with Crippen LogP contribution in [0.15, 0.2) is 25.4 Å². The van der Waals surface area contributed by atoms with E-state index in [0.717, 1.165) is 12.8 Å². The summed E-state index contributed by atoms with van der Waals surface area (Å²) >= 11 is 16.0. The fraction of sp³-hybridized carbons (Fsp3) is 0.714. The molecule has 0 spiro atoms. The molecule has 0 radical (unpaired) electrons. The van der Waals surface area contributed by atoms with Gasteiger partial charge in [-0.2, -0.15) is 0 Å². The van der Waals surface area contributed by atoms with Gasteiger partial charge in [-0.05, 0) is 24.9 Å². The predicted octanol–water partition coefficient (Wildman–Crippen LogP) is 9.98. The Hall–Kier alpha value is 2.17. The van der Waals surface area contributed by atoms with E-state index < -0.39 is 7.60 Å². The van der Waals surface area contributed by atoms with Crippen LogP contribution in [0.4, 0.5) is 0 Å². The van der Waals surface area contributed by atoms with Crippen LogP contribution < -0.4 is 0 Å². The van der Waals surface area contributed by atoms with E-state index in [1.807, 2.05) is 82.3 Å². The van der Waals surface area contributed by atoms with Gasteiger partial charge in [-0.1, -0.05) is 98.4 Å². The topological polar surface area (TPSA) is 57.5 Å². The summed E-state index contributed by atoms with van der Waals surface area (Å²) in [6.07, 6.45) is 13.9. The average Bonchev–Trinajstić information content (AvgIpc) is 3.40. The maximum absolute atomic E-state index is 10.8. The van der Waals surface area contributed by atoms with Crippen molar-refractivity contribution < 1.29 is 14.4 Å². The first-order valence-electron chi connectivity index (χ1n) is 11.4. The fourth-order valence-corrected chi connectivity index (χ4v) is 15.8. The number of hydrogen-bond acceptors (Lipinski definition) is 9. The van der Waals surface area contributed by atoms with Crippen LogP contribution in [0.2, 0.25) is 0 Å². The zero-order chi connectivity index (χ0) is 23.5. The highest BCUT2D eigenvalue weighted by atomic mass is 32.3. The van der Waals surface area contributed by atoms with Crippen LogP contribution in [-0.2, 0) is 4.57 Å². The minimum atomic E-state index is -3.79. The summed E-state index contributed by atoms with van der Waals surface area (Å²) in [4.78, 5) is 17.7. The van der Waals surface area contributed by atoms with Crippen molar-refractivity contribution in [2.45, 2.75) is 64.2 Å².